The summed E-state index contributed by atoms with van der Waals surface area (Å²) in [6.07, 6.45) is 5.65. The Morgan fingerprint density at radius 3 is 2.42 bits per heavy atom. The van der Waals surface area contributed by atoms with Crippen molar-refractivity contribution in [2.24, 2.45) is 5.92 Å². The highest BCUT2D eigenvalue weighted by Gasteiger charge is 2.47. The van der Waals surface area contributed by atoms with Crippen molar-refractivity contribution in [2.75, 3.05) is 7.05 Å². The molecule has 0 radical (unpaired) electrons. The van der Waals surface area contributed by atoms with Crippen LogP contribution in [0, 0.1) is 5.92 Å². The summed E-state index contributed by atoms with van der Waals surface area (Å²) < 4.78 is 0. The van der Waals surface area contributed by atoms with Gasteiger partial charge in [0.2, 0.25) is 5.91 Å². The summed E-state index contributed by atoms with van der Waals surface area (Å²) >= 11 is 12.1. The van der Waals surface area contributed by atoms with Crippen LogP contribution in [0.1, 0.15) is 43.6 Å². The number of benzene rings is 1. The maximum absolute atomic E-state index is 12.8. The van der Waals surface area contributed by atoms with Gasteiger partial charge < -0.3 is 10.2 Å². The van der Waals surface area contributed by atoms with Crippen molar-refractivity contribution in [3.05, 3.63) is 33.8 Å². The van der Waals surface area contributed by atoms with Crippen LogP contribution in [-0.2, 0) is 4.79 Å². The second-order valence-electron chi connectivity index (χ2n) is 7.33. The normalized spacial score (nSPS) is 33.7. The molecule has 2 saturated heterocycles. The molecule has 1 N–H and O–H groups in total. The number of halogens is 3. The van der Waals surface area contributed by atoms with Gasteiger partial charge in [-0.25, -0.2) is 0 Å². The zero-order valence-corrected chi connectivity index (χ0v) is 16.0. The third-order valence-electron chi connectivity index (χ3n) is 5.82. The molecule has 0 spiro atoms. The average Bonchev–Trinajstić information content (AvgIpc) is 3.28. The average molecular weight is 390 g/mol. The molecule has 0 aromatic heterocycles. The molecule has 2 bridgehead atoms. The molecule has 1 aromatic carbocycles. The summed E-state index contributed by atoms with van der Waals surface area (Å²) in [6, 6.07) is 7.35. The van der Waals surface area contributed by atoms with Gasteiger partial charge in [0, 0.05) is 31.1 Å². The lowest BCUT2D eigenvalue weighted by atomic mass is 9.98. The molecule has 4 rings (SSSR count). The van der Waals surface area contributed by atoms with Gasteiger partial charge in [0.25, 0.3) is 0 Å². The molecule has 1 aliphatic carbocycles. The number of piperidine rings is 1. The van der Waals surface area contributed by atoms with Gasteiger partial charge in [-0.2, -0.15) is 0 Å². The van der Waals surface area contributed by atoms with Gasteiger partial charge >= 0.3 is 0 Å². The van der Waals surface area contributed by atoms with Crippen molar-refractivity contribution >= 4 is 41.5 Å². The third-order valence-corrected chi connectivity index (χ3v) is 6.56. The molecule has 1 amide bonds. The largest absolute Gasteiger partial charge is 0.342 e. The Bertz CT molecular complexity index is 627. The van der Waals surface area contributed by atoms with Gasteiger partial charge in [0.05, 0.1) is 10.0 Å². The van der Waals surface area contributed by atoms with Crippen LogP contribution in [0.4, 0.5) is 0 Å². The van der Waals surface area contributed by atoms with Crippen LogP contribution >= 0.6 is 35.6 Å². The van der Waals surface area contributed by atoms with E-state index in [-0.39, 0.29) is 18.3 Å². The van der Waals surface area contributed by atoms with Gasteiger partial charge in [-0.15, -0.1) is 12.4 Å². The fourth-order valence-corrected chi connectivity index (χ4v) is 4.67. The van der Waals surface area contributed by atoms with E-state index >= 15 is 0 Å². The molecule has 4 atom stereocenters. The summed E-state index contributed by atoms with van der Waals surface area (Å²) in [5.41, 5.74) is 1.14. The number of carbonyl (C=O) groups is 1. The standard InChI is InChI=1S/C18H22Cl2N2O.ClH/c1-22(13-7-11-3-4-12(8-13)21-11)18(23)15-9-14(15)10-2-5-16(19)17(20)6-10;/h2,5-6,11-15,21H,3-4,7-9H2,1H3;1H. The van der Waals surface area contributed by atoms with Crippen molar-refractivity contribution in [1.82, 2.24) is 10.2 Å². The number of fused-ring (bicyclic) bond motifs is 2. The van der Waals surface area contributed by atoms with Crippen LogP contribution in [0.2, 0.25) is 10.0 Å². The van der Waals surface area contributed by atoms with E-state index in [0.29, 0.717) is 40.0 Å². The second-order valence-corrected chi connectivity index (χ2v) is 8.15. The van der Waals surface area contributed by atoms with Crippen molar-refractivity contribution in [3.8, 4) is 0 Å². The Kier molecular flexibility index (Phi) is 5.36. The number of carbonyl (C=O) groups excluding carboxylic acids is 1. The highest BCUT2D eigenvalue weighted by atomic mass is 35.5. The van der Waals surface area contributed by atoms with Gasteiger partial charge in [0.1, 0.15) is 0 Å². The molecule has 132 valence electrons. The third kappa shape index (κ3) is 3.41. The summed E-state index contributed by atoms with van der Waals surface area (Å²) in [5.74, 6) is 0.718. The maximum atomic E-state index is 12.8. The van der Waals surface area contributed by atoms with Crippen molar-refractivity contribution in [2.45, 2.75) is 56.1 Å². The highest BCUT2D eigenvalue weighted by molar-refractivity contribution is 6.42. The SMILES string of the molecule is CN(C(=O)C1CC1c1ccc(Cl)c(Cl)c1)C1CC2CCC(C1)N2.Cl. The quantitative estimate of drug-likeness (QED) is 0.837. The van der Waals surface area contributed by atoms with Crippen LogP contribution in [0.5, 0.6) is 0 Å². The van der Waals surface area contributed by atoms with Crippen molar-refractivity contribution < 1.29 is 4.79 Å². The molecule has 2 heterocycles. The number of nitrogens with one attached hydrogen (secondary N) is 1. The topological polar surface area (TPSA) is 32.3 Å². The Morgan fingerprint density at radius 1 is 1.12 bits per heavy atom. The predicted octanol–water partition coefficient (Wildman–Crippen LogP) is 4.26. The van der Waals surface area contributed by atoms with E-state index in [0.717, 1.165) is 24.8 Å². The minimum atomic E-state index is 0. The molecule has 1 saturated carbocycles. The Hall–Kier alpha value is -0.480. The lowest BCUT2D eigenvalue weighted by molar-refractivity contribution is -0.134. The second kappa shape index (κ2) is 7.03. The first-order valence-electron chi connectivity index (χ1n) is 8.50. The fourth-order valence-electron chi connectivity index (χ4n) is 4.36. The van der Waals surface area contributed by atoms with Crippen LogP contribution in [-0.4, -0.2) is 36.0 Å². The maximum Gasteiger partial charge on any atom is 0.226 e. The summed E-state index contributed by atoms with van der Waals surface area (Å²) in [7, 11) is 1.99. The number of hydrogen-bond donors (Lipinski definition) is 1. The van der Waals surface area contributed by atoms with Gasteiger partial charge in [-0.05, 0) is 55.7 Å². The molecule has 3 aliphatic rings. The monoisotopic (exact) mass is 388 g/mol. The first kappa shape index (κ1) is 18.3. The fraction of sp³-hybridized carbons (Fsp3) is 0.611. The lowest BCUT2D eigenvalue weighted by Gasteiger charge is -2.35. The van der Waals surface area contributed by atoms with Crippen molar-refractivity contribution in [3.63, 3.8) is 0 Å². The minimum Gasteiger partial charge on any atom is -0.342 e. The molecule has 3 fully saturated rings. The zero-order valence-electron chi connectivity index (χ0n) is 13.7. The summed E-state index contributed by atoms with van der Waals surface area (Å²) in [6.45, 7) is 0. The first-order chi connectivity index (χ1) is 11.0. The highest BCUT2D eigenvalue weighted by Crippen LogP contribution is 2.49. The van der Waals surface area contributed by atoms with Crippen molar-refractivity contribution in [1.29, 1.82) is 0 Å². The smallest absolute Gasteiger partial charge is 0.226 e. The molecular formula is C18H23Cl3N2O. The molecule has 2 aliphatic heterocycles. The van der Waals surface area contributed by atoms with Gasteiger partial charge in [-0.1, -0.05) is 29.3 Å². The van der Waals surface area contributed by atoms with E-state index in [4.69, 9.17) is 23.2 Å². The molecule has 4 unspecified atom stereocenters. The Balaban J connectivity index is 0.00000169. The number of hydrogen-bond acceptors (Lipinski definition) is 2. The van der Waals surface area contributed by atoms with Gasteiger partial charge in [-0.3, -0.25) is 4.79 Å². The van der Waals surface area contributed by atoms with Crippen LogP contribution < -0.4 is 5.32 Å². The summed E-state index contributed by atoms with van der Waals surface area (Å²) in [4.78, 5) is 14.8. The van der Waals surface area contributed by atoms with E-state index in [1.54, 1.807) is 0 Å². The number of nitrogens with zero attached hydrogens (tertiary/aromatic N) is 1. The van der Waals surface area contributed by atoms with E-state index in [1.165, 1.54) is 12.8 Å². The van der Waals surface area contributed by atoms with E-state index in [9.17, 15) is 4.79 Å². The zero-order chi connectivity index (χ0) is 16.1. The van der Waals surface area contributed by atoms with E-state index in [1.807, 2.05) is 30.1 Å². The predicted molar refractivity (Wildman–Crippen MR) is 100 cm³/mol. The molecule has 1 aromatic rings. The molecule has 3 nitrogen and oxygen atoms in total. The Labute approximate surface area is 159 Å². The summed E-state index contributed by atoms with van der Waals surface area (Å²) in [5, 5.41) is 4.79. The lowest BCUT2D eigenvalue weighted by Crippen LogP contribution is -2.49. The number of rotatable bonds is 3. The molecule has 6 heteroatoms. The Morgan fingerprint density at radius 2 is 1.79 bits per heavy atom. The van der Waals surface area contributed by atoms with Crippen LogP contribution in [0.15, 0.2) is 18.2 Å². The van der Waals surface area contributed by atoms with Crippen LogP contribution in [0.3, 0.4) is 0 Å². The van der Waals surface area contributed by atoms with E-state index in [2.05, 4.69) is 5.32 Å². The molecular weight excluding hydrogens is 367 g/mol. The van der Waals surface area contributed by atoms with E-state index < -0.39 is 0 Å². The number of amides is 1. The van der Waals surface area contributed by atoms with Crippen LogP contribution in [0.25, 0.3) is 0 Å². The first-order valence-corrected chi connectivity index (χ1v) is 9.26. The minimum absolute atomic E-state index is 0. The van der Waals surface area contributed by atoms with Gasteiger partial charge in [0.15, 0.2) is 0 Å². The molecule has 24 heavy (non-hydrogen) atoms.